The van der Waals surface area contributed by atoms with E-state index in [0.717, 1.165) is 24.2 Å². The van der Waals surface area contributed by atoms with Crippen molar-refractivity contribution in [3.63, 3.8) is 0 Å². The maximum Gasteiger partial charge on any atom is 0.264 e. The highest BCUT2D eigenvalue weighted by molar-refractivity contribution is 7.92. The van der Waals surface area contributed by atoms with E-state index in [2.05, 4.69) is 22.3 Å². The first-order valence-electron chi connectivity index (χ1n) is 12.7. The number of sulfonamides is 1. The van der Waals surface area contributed by atoms with Gasteiger partial charge in [0.25, 0.3) is 10.0 Å². The van der Waals surface area contributed by atoms with Crippen LogP contribution in [-0.2, 0) is 21.2 Å². The first kappa shape index (κ1) is 25.8. The third kappa shape index (κ3) is 5.90. The smallest absolute Gasteiger partial charge is 0.264 e. The number of para-hydroxylation sites is 1. The lowest BCUT2D eigenvalue weighted by Crippen LogP contribution is -2.42. The van der Waals surface area contributed by atoms with E-state index in [-0.39, 0.29) is 23.4 Å². The first-order valence-corrected chi connectivity index (χ1v) is 14.1. The molecule has 0 spiro atoms. The van der Waals surface area contributed by atoms with Crippen molar-refractivity contribution in [3.8, 4) is 0 Å². The van der Waals surface area contributed by atoms with E-state index in [1.807, 2.05) is 38.1 Å². The number of hydrogen-bond acceptors (Lipinski definition) is 4. The molecule has 0 aromatic heterocycles. The van der Waals surface area contributed by atoms with Crippen LogP contribution < -0.4 is 14.5 Å². The molecule has 0 aliphatic carbocycles. The Balaban J connectivity index is 1.52. The fourth-order valence-electron chi connectivity index (χ4n) is 4.70. The summed E-state index contributed by atoms with van der Waals surface area (Å²) in [5.74, 6) is -0.354. The molecule has 1 fully saturated rings. The number of amides is 1. The molecule has 1 heterocycles. The Bertz CT molecular complexity index is 1250. The Morgan fingerprint density at radius 1 is 0.917 bits per heavy atom. The maximum absolute atomic E-state index is 13.6. The van der Waals surface area contributed by atoms with Crippen LogP contribution in [0.3, 0.4) is 0 Å². The van der Waals surface area contributed by atoms with Gasteiger partial charge in [0.1, 0.15) is 6.54 Å². The van der Waals surface area contributed by atoms with E-state index in [0.29, 0.717) is 12.1 Å². The average Bonchev–Trinajstić information content (AvgIpc) is 2.92. The number of nitrogens with zero attached hydrogens (tertiary/aromatic N) is 2. The predicted octanol–water partition coefficient (Wildman–Crippen LogP) is 5.31. The summed E-state index contributed by atoms with van der Waals surface area (Å²) in [4.78, 5) is 15.7. The molecule has 4 rings (SSSR count). The van der Waals surface area contributed by atoms with E-state index in [1.54, 1.807) is 42.5 Å². The summed E-state index contributed by atoms with van der Waals surface area (Å²) in [6, 6.07) is 23.6. The van der Waals surface area contributed by atoms with Crippen LogP contribution in [0.1, 0.15) is 50.3 Å². The lowest BCUT2D eigenvalue weighted by atomic mass is 10.1. The lowest BCUT2D eigenvalue weighted by molar-refractivity contribution is -0.120. The number of hydrogen-bond donors (Lipinski definition) is 1. The SMILES string of the molecule is CCc1ccccc1N(CC(=O)NC(C)c1ccc(N2CCCCC2)cc1)S(=O)(=O)c1ccccc1. The van der Waals surface area contributed by atoms with Gasteiger partial charge in [0.15, 0.2) is 0 Å². The Morgan fingerprint density at radius 2 is 1.56 bits per heavy atom. The Kier molecular flexibility index (Phi) is 8.31. The largest absolute Gasteiger partial charge is 0.372 e. The third-order valence-corrected chi connectivity index (χ3v) is 8.53. The molecule has 1 amide bonds. The van der Waals surface area contributed by atoms with Gasteiger partial charge in [-0.3, -0.25) is 9.10 Å². The van der Waals surface area contributed by atoms with Gasteiger partial charge in [-0.15, -0.1) is 0 Å². The fraction of sp³-hybridized carbons (Fsp3) is 0.345. The third-order valence-electron chi connectivity index (χ3n) is 6.75. The summed E-state index contributed by atoms with van der Waals surface area (Å²) in [6.07, 6.45) is 4.38. The molecule has 1 unspecified atom stereocenters. The van der Waals surface area contributed by atoms with Gasteiger partial charge in [-0.05, 0) is 74.1 Å². The second-order valence-corrected chi connectivity index (χ2v) is 11.1. The summed E-state index contributed by atoms with van der Waals surface area (Å²) in [7, 11) is -3.93. The van der Waals surface area contributed by atoms with Crippen molar-refractivity contribution in [2.45, 2.75) is 50.5 Å². The molecule has 1 saturated heterocycles. The van der Waals surface area contributed by atoms with Crippen LogP contribution in [0.15, 0.2) is 83.8 Å². The number of anilines is 2. The minimum atomic E-state index is -3.93. The van der Waals surface area contributed by atoms with Gasteiger partial charge >= 0.3 is 0 Å². The highest BCUT2D eigenvalue weighted by atomic mass is 32.2. The fourth-order valence-corrected chi connectivity index (χ4v) is 6.18. The highest BCUT2D eigenvalue weighted by Crippen LogP contribution is 2.28. The van der Waals surface area contributed by atoms with Crippen molar-refractivity contribution >= 4 is 27.3 Å². The zero-order valence-electron chi connectivity index (χ0n) is 21.1. The molecule has 3 aromatic rings. The Morgan fingerprint density at radius 3 is 2.22 bits per heavy atom. The number of rotatable bonds is 9. The van der Waals surface area contributed by atoms with Crippen LogP contribution in [0.2, 0.25) is 0 Å². The molecular formula is C29H35N3O3S. The quantitative estimate of drug-likeness (QED) is 0.428. The molecule has 1 N–H and O–H groups in total. The number of carbonyl (C=O) groups is 1. The molecule has 3 aromatic carbocycles. The van der Waals surface area contributed by atoms with Gasteiger partial charge in [-0.1, -0.05) is 55.5 Å². The van der Waals surface area contributed by atoms with Gasteiger partial charge in [0.05, 0.1) is 16.6 Å². The van der Waals surface area contributed by atoms with Gasteiger partial charge in [0, 0.05) is 18.8 Å². The predicted molar refractivity (Wildman–Crippen MR) is 146 cm³/mol. The minimum absolute atomic E-state index is 0.157. The summed E-state index contributed by atoms with van der Waals surface area (Å²) >= 11 is 0. The molecule has 1 aliphatic heterocycles. The van der Waals surface area contributed by atoms with E-state index < -0.39 is 10.0 Å². The minimum Gasteiger partial charge on any atom is -0.372 e. The summed E-state index contributed by atoms with van der Waals surface area (Å²) in [5, 5.41) is 3.00. The number of nitrogens with one attached hydrogen (secondary N) is 1. The molecule has 1 aliphatic rings. The van der Waals surface area contributed by atoms with Crippen LogP contribution in [0.5, 0.6) is 0 Å². The summed E-state index contributed by atoms with van der Waals surface area (Å²) in [6.45, 7) is 5.75. The van der Waals surface area contributed by atoms with Crippen molar-refractivity contribution in [2.75, 3.05) is 28.8 Å². The summed E-state index contributed by atoms with van der Waals surface area (Å²) in [5.41, 5.74) is 3.58. The summed E-state index contributed by atoms with van der Waals surface area (Å²) < 4.78 is 28.5. The zero-order chi connectivity index (χ0) is 25.5. The molecule has 190 valence electrons. The number of carbonyl (C=O) groups excluding carboxylic acids is 1. The van der Waals surface area contributed by atoms with Crippen LogP contribution in [-0.4, -0.2) is 34.0 Å². The Labute approximate surface area is 215 Å². The Hall–Kier alpha value is -3.32. The monoisotopic (exact) mass is 505 g/mol. The maximum atomic E-state index is 13.6. The highest BCUT2D eigenvalue weighted by Gasteiger charge is 2.29. The van der Waals surface area contributed by atoms with Crippen molar-refractivity contribution < 1.29 is 13.2 Å². The van der Waals surface area contributed by atoms with E-state index >= 15 is 0 Å². The lowest BCUT2D eigenvalue weighted by Gasteiger charge is -2.29. The van der Waals surface area contributed by atoms with Gasteiger partial charge in [-0.2, -0.15) is 0 Å². The second kappa shape index (κ2) is 11.6. The molecule has 0 saturated carbocycles. The standard InChI is InChI=1S/C29H35N3O3S/c1-3-24-12-8-9-15-28(24)32(36(34,35)27-13-6-4-7-14-27)22-29(33)30-23(2)25-16-18-26(19-17-25)31-20-10-5-11-21-31/h4,6-9,12-19,23H,3,5,10-11,20-22H2,1-2H3,(H,30,33). The second-order valence-electron chi connectivity index (χ2n) is 9.24. The van der Waals surface area contributed by atoms with Gasteiger partial charge in [-0.25, -0.2) is 8.42 Å². The molecule has 6 nitrogen and oxygen atoms in total. The van der Waals surface area contributed by atoms with Gasteiger partial charge in [0.2, 0.25) is 5.91 Å². The van der Waals surface area contributed by atoms with E-state index in [4.69, 9.17) is 0 Å². The van der Waals surface area contributed by atoms with Crippen LogP contribution in [0, 0.1) is 0 Å². The molecule has 7 heteroatoms. The van der Waals surface area contributed by atoms with Crippen LogP contribution >= 0.6 is 0 Å². The molecule has 0 radical (unpaired) electrons. The molecular weight excluding hydrogens is 470 g/mol. The normalized spacial score (nSPS) is 14.8. The average molecular weight is 506 g/mol. The first-order chi connectivity index (χ1) is 17.4. The molecule has 0 bridgehead atoms. The molecule has 1 atom stereocenters. The number of aryl methyl sites for hydroxylation is 1. The van der Waals surface area contributed by atoms with Crippen LogP contribution in [0.25, 0.3) is 0 Å². The van der Waals surface area contributed by atoms with E-state index in [1.165, 1.54) is 29.3 Å². The van der Waals surface area contributed by atoms with E-state index in [9.17, 15) is 13.2 Å². The van der Waals surface area contributed by atoms with Crippen molar-refractivity contribution in [3.05, 3.63) is 90.0 Å². The van der Waals surface area contributed by atoms with Gasteiger partial charge < -0.3 is 10.2 Å². The number of piperidine rings is 1. The van der Waals surface area contributed by atoms with Crippen molar-refractivity contribution in [1.82, 2.24) is 5.32 Å². The van der Waals surface area contributed by atoms with Crippen LogP contribution in [0.4, 0.5) is 11.4 Å². The van der Waals surface area contributed by atoms with Crippen molar-refractivity contribution in [1.29, 1.82) is 0 Å². The zero-order valence-corrected chi connectivity index (χ0v) is 21.9. The van der Waals surface area contributed by atoms with Crippen molar-refractivity contribution in [2.24, 2.45) is 0 Å². The topological polar surface area (TPSA) is 69.7 Å². The molecule has 36 heavy (non-hydrogen) atoms. The number of benzene rings is 3.